The molecule has 0 amide bonds. The normalized spacial score (nSPS) is 10.2. The van der Waals surface area contributed by atoms with Crippen molar-refractivity contribution >= 4 is 5.69 Å². The van der Waals surface area contributed by atoms with Crippen molar-refractivity contribution in [2.45, 2.75) is 0 Å². The SMILES string of the molecule is Nc1c(O)c(O)c(F)c(F)c1F. The van der Waals surface area contributed by atoms with Gasteiger partial charge in [-0.15, -0.1) is 0 Å². The minimum Gasteiger partial charge on any atom is -0.503 e. The number of benzene rings is 1. The molecule has 6 heteroatoms. The van der Waals surface area contributed by atoms with Crippen LogP contribution in [0.3, 0.4) is 0 Å². The van der Waals surface area contributed by atoms with Crippen LogP contribution in [0.25, 0.3) is 0 Å². The minimum atomic E-state index is -1.91. The molecule has 0 aliphatic carbocycles. The lowest BCUT2D eigenvalue weighted by Crippen LogP contribution is -1.98. The third kappa shape index (κ3) is 0.919. The van der Waals surface area contributed by atoms with Crippen LogP contribution in [0.5, 0.6) is 11.5 Å². The van der Waals surface area contributed by atoms with Gasteiger partial charge >= 0.3 is 0 Å². The highest BCUT2D eigenvalue weighted by Crippen LogP contribution is 2.37. The summed E-state index contributed by atoms with van der Waals surface area (Å²) in [5.74, 6) is -8.09. The summed E-state index contributed by atoms with van der Waals surface area (Å²) in [6.45, 7) is 0. The molecule has 12 heavy (non-hydrogen) atoms. The molecule has 0 bridgehead atoms. The number of anilines is 1. The maximum absolute atomic E-state index is 12.4. The van der Waals surface area contributed by atoms with Gasteiger partial charge < -0.3 is 15.9 Å². The van der Waals surface area contributed by atoms with Gasteiger partial charge in [-0.2, -0.15) is 4.39 Å². The molecule has 0 atom stereocenters. The van der Waals surface area contributed by atoms with E-state index in [1.807, 2.05) is 0 Å². The van der Waals surface area contributed by atoms with Gasteiger partial charge in [-0.1, -0.05) is 0 Å². The third-order valence-corrected chi connectivity index (χ3v) is 1.31. The molecule has 4 N–H and O–H groups in total. The largest absolute Gasteiger partial charge is 0.503 e. The quantitative estimate of drug-likeness (QED) is 0.317. The summed E-state index contributed by atoms with van der Waals surface area (Å²) in [7, 11) is 0. The lowest BCUT2D eigenvalue weighted by atomic mass is 10.2. The zero-order chi connectivity index (χ0) is 9.46. The van der Waals surface area contributed by atoms with Crippen LogP contribution in [0.2, 0.25) is 0 Å². The van der Waals surface area contributed by atoms with Crippen molar-refractivity contribution in [3.05, 3.63) is 17.5 Å². The molecule has 0 saturated heterocycles. The average molecular weight is 179 g/mol. The van der Waals surface area contributed by atoms with E-state index < -0.39 is 34.6 Å². The first-order chi connectivity index (χ1) is 5.46. The van der Waals surface area contributed by atoms with E-state index in [0.29, 0.717) is 0 Å². The van der Waals surface area contributed by atoms with Crippen LogP contribution >= 0.6 is 0 Å². The number of nitrogen functional groups attached to an aromatic ring is 1. The van der Waals surface area contributed by atoms with E-state index in [2.05, 4.69) is 0 Å². The molecule has 3 nitrogen and oxygen atoms in total. The molecular weight excluding hydrogens is 175 g/mol. The molecule has 1 aromatic carbocycles. The van der Waals surface area contributed by atoms with E-state index in [4.69, 9.17) is 15.9 Å². The van der Waals surface area contributed by atoms with Gasteiger partial charge in [-0.25, -0.2) is 8.78 Å². The molecule has 0 aliphatic heterocycles. The molecule has 1 rings (SSSR count). The topological polar surface area (TPSA) is 66.5 Å². The lowest BCUT2D eigenvalue weighted by Gasteiger charge is -2.04. The van der Waals surface area contributed by atoms with Crippen LogP contribution in [-0.2, 0) is 0 Å². The molecule has 1 aromatic rings. The van der Waals surface area contributed by atoms with Gasteiger partial charge in [0.2, 0.25) is 11.6 Å². The van der Waals surface area contributed by atoms with Crippen LogP contribution in [0.15, 0.2) is 0 Å². The number of aromatic hydroxyl groups is 2. The highest BCUT2D eigenvalue weighted by Gasteiger charge is 2.22. The predicted octanol–water partition coefficient (Wildman–Crippen LogP) is 1.10. The summed E-state index contributed by atoms with van der Waals surface area (Å²) in [4.78, 5) is 0. The number of hydrogen-bond acceptors (Lipinski definition) is 3. The fourth-order valence-corrected chi connectivity index (χ4v) is 0.654. The van der Waals surface area contributed by atoms with Crippen LogP contribution in [0.4, 0.5) is 18.9 Å². The summed E-state index contributed by atoms with van der Waals surface area (Å²) < 4.78 is 37.1. The second-order valence-corrected chi connectivity index (χ2v) is 2.05. The van der Waals surface area contributed by atoms with Crippen LogP contribution < -0.4 is 5.73 Å². The number of halogens is 3. The summed E-state index contributed by atoms with van der Waals surface area (Å²) in [6, 6.07) is 0. The van der Waals surface area contributed by atoms with Gasteiger partial charge in [0.25, 0.3) is 0 Å². The monoisotopic (exact) mass is 179 g/mol. The van der Waals surface area contributed by atoms with Gasteiger partial charge in [-0.05, 0) is 0 Å². The van der Waals surface area contributed by atoms with Gasteiger partial charge in [0, 0.05) is 0 Å². The van der Waals surface area contributed by atoms with Crippen LogP contribution in [0.1, 0.15) is 0 Å². The molecule has 0 spiro atoms. The van der Waals surface area contributed by atoms with Gasteiger partial charge in [0.15, 0.2) is 17.3 Å². The van der Waals surface area contributed by atoms with E-state index in [9.17, 15) is 13.2 Å². The number of phenols is 2. The number of phenolic OH excluding ortho intramolecular Hbond substituents is 2. The molecular formula is C6H4F3NO2. The maximum atomic E-state index is 12.4. The van der Waals surface area contributed by atoms with Crippen molar-refractivity contribution in [3.8, 4) is 11.5 Å². The zero-order valence-electron chi connectivity index (χ0n) is 5.61. The average Bonchev–Trinajstić information content (AvgIpc) is 2.08. The molecule has 0 saturated carbocycles. The van der Waals surface area contributed by atoms with Crippen molar-refractivity contribution in [2.24, 2.45) is 0 Å². The Morgan fingerprint density at radius 2 is 1.33 bits per heavy atom. The first-order valence-electron chi connectivity index (χ1n) is 2.80. The van der Waals surface area contributed by atoms with E-state index in [1.165, 1.54) is 0 Å². The molecule has 0 unspecified atom stereocenters. The highest BCUT2D eigenvalue weighted by molar-refractivity contribution is 5.60. The minimum absolute atomic E-state index is 1.02. The van der Waals surface area contributed by atoms with Gasteiger partial charge in [0.1, 0.15) is 5.69 Å². The highest BCUT2D eigenvalue weighted by atomic mass is 19.2. The van der Waals surface area contributed by atoms with Crippen LogP contribution in [0, 0.1) is 17.5 Å². The van der Waals surface area contributed by atoms with Crippen molar-refractivity contribution in [1.29, 1.82) is 0 Å². The third-order valence-electron chi connectivity index (χ3n) is 1.31. The maximum Gasteiger partial charge on any atom is 0.207 e. The van der Waals surface area contributed by atoms with Crippen molar-refractivity contribution in [1.82, 2.24) is 0 Å². The Morgan fingerprint density at radius 1 is 0.833 bits per heavy atom. The molecule has 0 aromatic heterocycles. The molecule has 0 heterocycles. The first-order valence-corrected chi connectivity index (χ1v) is 2.80. The van der Waals surface area contributed by atoms with E-state index in [0.717, 1.165) is 0 Å². The number of nitrogens with two attached hydrogens (primary N) is 1. The summed E-state index contributed by atoms with van der Waals surface area (Å²) >= 11 is 0. The fourth-order valence-electron chi connectivity index (χ4n) is 0.654. The Hall–Kier alpha value is -1.59. The lowest BCUT2D eigenvalue weighted by molar-refractivity contribution is 0.352. The molecule has 0 fully saturated rings. The smallest absolute Gasteiger partial charge is 0.207 e. The second kappa shape index (κ2) is 2.47. The van der Waals surface area contributed by atoms with E-state index in [1.54, 1.807) is 0 Å². The summed E-state index contributed by atoms with van der Waals surface area (Å²) in [6.07, 6.45) is 0. The fraction of sp³-hybridized carbons (Fsp3) is 0. The van der Waals surface area contributed by atoms with Gasteiger partial charge in [0.05, 0.1) is 0 Å². The van der Waals surface area contributed by atoms with Crippen molar-refractivity contribution in [3.63, 3.8) is 0 Å². The van der Waals surface area contributed by atoms with Crippen molar-refractivity contribution < 1.29 is 23.4 Å². The summed E-state index contributed by atoms with van der Waals surface area (Å²) in [5, 5.41) is 17.3. The summed E-state index contributed by atoms with van der Waals surface area (Å²) in [5.41, 5.74) is 3.74. The first kappa shape index (κ1) is 8.51. The second-order valence-electron chi connectivity index (χ2n) is 2.05. The zero-order valence-corrected chi connectivity index (χ0v) is 5.61. The standard InChI is InChI=1S/C6H4F3NO2/c7-1-2(8)4(10)6(12)5(11)3(1)9/h11-12H,10H2. The number of hydrogen-bond donors (Lipinski definition) is 3. The Bertz CT molecular complexity index is 235. The number of rotatable bonds is 0. The van der Waals surface area contributed by atoms with Gasteiger partial charge in [-0.3, -0.25) is 0 Å². The molecule has 0 radical (unpaired) electrons. The van der Waals surface area contributed by atoms with Crippen LogP contribution in [-0.4, -0.2) is 10.2 Å². The Morgan fingerprint density at radius 3 is 1.83 bits per heavy atom. The Balaban J connectivity index is 3.60. The van der Waals surface area contributed by atoms with E-state index >= 15 is 0 Å². The molecule has 66 valence electrons. The Labute approximate surface area is 64.9 Å². The predicted molar refractivity (Wildman–Crippen MR) is 34.1 cm³/mol. The Kier molecular flexibility index (Phi) is 1.75. The van der Waals surface area contributed by atoms with Crippen molar-refractivity contribution in [2.75, 3.05) is 5.73 Å². The molecule has 0 aliphatic rings. The van der Waals surface area contributed by atoms with E-state index in [-0.39, 0.29) is 0 Å².